The molecule has 0 saturated carbocycles. The molecule has 2 rings (SSSR count). The molecular formula is C18H20Br2Na2O8S2. The van der Waals surface area contributed by atoms with E-state index in [0.29, 0.717) is 18.2 Å². The van der Waals surface area contributed by atoms with Crippen LogP contribution in [0.25, 0.3) is 10.8 Å². The Kier molecular flexibility index (Phi) is 15.8. The number of halogens is 2. The van der Waals surface area contributed by atoms with E-state index in [0.717, 1.165) is 47.8 Å². The summed E-state index contributed by atoms with van der Waals surface area (Å²) in [7, 11) is -9.70. The second-order valence-corrected chi connectivity index (χ2v) is 10.7. The third-order valence-electron chi connectivity index (χ3n) is 4.07. The molecule has 0 N–H and O–H groups in total. The third kappa shape index (κ3) is 9.98. The van der Waals surface area contributed by atoms with Crippen LogP contribution in [-0.4, -0.2) is 49.8 Å². The fourth-order valence-corrected chi connectivity index (χ4v) is 4.50. The Bertz CT molecular complexity index is 1010. The van der Waals surface area contributed by atoms with Gasteiger partial charge in [-0.15, -0.1) is 0 Å². The first kappa shape index (κ1) is 33.1. The van der Waals surface area contributed by atoms with Crippen molar-refractivity contribution in [2.45, 2.75) is 35.5 Å². The van der Waals surface area contributed by atoms with Crippen LogP contribution in [0.1, 0.15) is 25.7 Å². The van der Waals surface area contributed by atoms with Crippen LogP contribution < -0.4 is 68.6 Å². The van der Waals surface area contributed by atoms with Crippen molar-refractivity contribution in [3.63, 3.8) is 0 Å². The molecule has 0 aliphatic rings. The van der Waals surface area contributed by atoms with Gasteiger partial charge in [0.05, 0.1) is 28.4 Å². The molecular weight excluding hydrogens is 614 g/mol. The molecule has 0 aliphatic carbocycles. The van der Waals surface area contributed by atoms with Gasteiger partial charge in [0.2, 0.25) is 0 Å². The summed E-state index contributed by atoms with van der Waals surface area (Å²) in [4.78, 5) is -1.17. The number of fused-ring (bicyclic) bond motifs is 1. The van der Waals surface area contributed by atoms with Gasteiger partial charge in [0.1, 0.15) is 31.7 Å². The smallest absolute Gasteiger partial charge is 0.744 e. The summed E-state index contributed by atoms with van der Waals surface area (Å²) >= 11 is 6.61. The first-order valence-corrected chi connectivity index (χ1v) is 14.0. The van der Waals surface area contributed by atoms with Crippen LogP contribution in [0.5, 0.6) is 11.5 Å². The Hall–Kier alpha value is 1.08. The van der Waals surface area contributed by atoms with Crippen LogP contribution in [0.2, 0.25) is 0 Å². The maximum atomic E-state index is 11.6. The SMILES string of the molecule is O=S(=O)([O-])c1cc(OCCCCBr)c2c(OCCCCBr)cc(S(=O)(=O)[O-])cc2c1.[Na+].[Na+]. The van der Waals surface area contributed by atoms with Gasteiger partial charge in [0, 0.05) is 10.7 Å². The number of ether oxygens (including phenoxy) is 2. The molecule has 0 spiro atoms. The quantitative estimate of drug-likeness (QED) is 0.111. The van der Waals surface area contributed by atoms with Crippen LogP contribution in [-0.2, 0) is 20.2 Å². The van der Waals surface area contributed by atoms with Crippen LogP contribution in [0.3, 0.4) is 0 Å². The second-order valence-electron chi connectivity index (χ2n) is 6.34. The van der Waals surface area contributed by atoms with E-state index in [-0.39, 0.29) is 89.2 Å². The molecule has 2 aromatic rings. The molecule has 0 radical (unpaired) electrons. The van der Waals surface area contributed by atoms with E-state index in [9.17, 15) is 25.9 Å². The monoisotopic (exact) mass is 632 g/mol. The van der Waals surface area contributed by atoms with E-state index >= 15 is 0 Å². The third-order valence-corrected chi connectivity index (χ3v) is 6.82. The predicted octanol–water partition coefficient (Wildman–Crippen LogP) is -2.24. The summed E-state index contributed by atoms with van der Waals surface area (Å²) in [5, 5.41) is 1.87. The van der Waals surface area contributed by atoms with Crippen LogP contribution in [0.15, 0.2) is 34.1 Å². The fourth-order valence-electron chi connectivity index (χ4n) is 2.66. The molecule has 0 amide bonds. The average molecular weight is 634 g/mol. The number of hydrogen-bond donors (Lipinski definition) is 0. The number of benzene rings is 2. The fraction of sp³-hybridized carbons (Fsp3) is 0.444. The van der Waals surface area contributed by atoms with Crippen LogP contribution in [0.4, 0.5) is 0 Å². The van der Waals surface area contributed by atoms with Crippen LogP contribution >= 0.6 is 31.9 Å². The van der Waals surface area contributed by atoms with Crippen molar-refractivity contribution >= 4 is 62.9 Å². The Balaban J connectivity index is 0.00000480. The minimum Gasteiger partial charge on any atom is -0.744 e. The number of hydrogen-bond acceptors (Lipinski definition) is 8. The molecule has 0 unspecified atom stereocenters. The van der Waals surface area contributed by atoms with Gasteiger partial charge in [0.15, 0.2) is 0 Å². The maximum Gasteiger partial charge on any atom is 1.00 e. The topological polar surface area (TPSA) is 133 Å². The molecule has 0 aliphatic heterocycles. The van der Waals surface area contributed by atoms with Gasteiger partial charge < -0.3 is 18.6 Å². The molecule has 2 aromatic carbocycles. The van der Waals surface area contributed by atoms with Gasteiger partial charge in [-0.05, 0) is 55.3 Å². The van der Waals surface area contributed by atoms with Crippen molar-refractivity contribution in [1.29, 1.82) is 0 Å². The zero-order chi connectivity index (χ0) is 22.4. The van der Waals surface area contributed by atoms with Gasteiger partial charge in [-0.1, -0.05) is 31.9 Å². The molecule has 0 saturated heterocycles. The van der Waals surface area contributed by atoms with Crippen molar-refractivity contribution in [1.82, 2.24) is 0 Å². The van der Waals surface area contributed by atoms with E-state index in [1.54, 1.807) is 0 Å². The molecule has 14 heteroatoms. The van der Waals surface area contributed by atoms with E-state index in [4.69, 9.17) is 9.47 Å². The summed E-state index contributed by atoms with van der Waals surface area (Å²) in [5.41, 5.74) is 0. The zero-order valence-corrected chi connectivity index (χ0v) is 26.6. The Morgan fingerprint density at radius 2 is 1.06 bits per heavy atom. The van der Waals surface area contributed by atoms with E-state index in [1.807, 2.05) is 0 Å². The van der Waals surface area contributed by atoms with Crippen LogP contribution in [0, 0.1) is 0 Å². The summed E-state index contributed by atoms with van der Waals surface area (Å²) in [6.45, 7) is 0.487. The number of unbranched alkanes of at least 4 members (excludes halogenated alkanes) is 2. The molecule has 0 bridgehead atoms. The molecule has 0 fully saturated rings. The summed E-state index contributed by atoms with van der Waals surface area (Å²) in [5.74, 6) is 0.142. The predicted molar refractivity (Wildman–Crippen MR) is 117 cm³/mol. The second kappa shape index (κ2) is 15.2. The molecule has 0 atom stereocenters. The van der Waals surface area contributed by atoms with Gasteiger partial charge in [-0.2, -0.15) is 0 Å². The standard InChI is InChI=1S/C18H22Br2O8S2.2Na/c19-5-1-3-7-27-16-11-14(29(21,22)23)9-13-10-15(30(24,25)26)12-17(18(13)16)28-8-4-2-6-20;;/h9-12H,1-8H2,(H,21,22,23)(H,24,25,26);;/q;2*+1/p-2. The largest absolute Gasteiger partial charge is 1.00 e. The number of rotatable bonds is 12. The van der Waals surface area contributed by atoms with Crippen molar-refractivity contribution in [3.05, 3.63) is 24.3 Å². The Morgan fingerprint density at radius 3 is 1.38 bits per heavy atom. The van der Waals surface area contributed by atoms with Gasteiger partial charge in [-0.25, -0.2) is 16.8 Å². The first-order valence-electron chi connectivity index (χ1n) is 8.99. The summed E-state index contributed by atoms with van der Waals surface area (Å²) in [6, 6.07) is 4.22. The normalized spacial score (nSPS) is 11.5. The molecule has 168 valence electrons. The minimum atomic E-state index is -4.85. The van der Waals surface area contributed by atoms with Gasteiger partial charge in [-0.3, -0.25) is 0 Å². The van der Waals surface area contributed by atoms with Gasteiger partial charge >= 0.3 is 59.1 Å². The number of alkyl halides is 2. The Morgan fingerprint density at radius 1 is 0.688 bits per heavy atom. The van der Waals surface area contributed by atoms with E-state index < -0.39 is 30.0 Å². The molecule has 32 heavy (non-hydrogen) atoms. The average Bonchev–Trinajstić information content (AvgIpc) is 2.66. The van der Waals surface area contributed by atoms with Crippen molar-refractivity contribution in [2.75, 3.05) is 23.9 Å². The molecule has 8 nitrogen and oxygen atoms in total. The van der Waals surface area contributed by atoms with E-state index in [2.05, 4.69) is 31.9 Å². The summed E-state index contributed by atoms with van der Waals surface area (Å²) < 4.78 is 80.9. The zero-order valence-electron chi connectivity index (χ0n) is 17.8. The maximum absolute atomic E-state index is 11.6. The van der Waals surface area contributed by atoms with Crippen molar-refractivity contribution in [3.8, 4) is 11.5 Å². The van der Waals surface area contributed by atoms with Crippen molar-refractivity contribution < 1.29 is 94.5 Å². The van der Waals surface area contributed by atoms with Gasteiger partial charge in [0.25, 0.3) is 0 Å². The molecule has 0 heterocycles. The first-order chi connectivity index (χ1) is 14.1. The minimum absolute atomic E-state index is 0. The molecule has 0 aromatic heterocycles. The van der Waals surface area contributed by atoms with E-state index in [1.165, 1.54) is 0 Å². The summed E-state index contributed by atoms with van der Waals surface area (Å²) in [6.07, 6.45) is 2.95. The van der Waals surface area contributed by atoms with Crippen molar-refractivity contribution in [2.24, 2.45) is 0 Å². The Labute approximate surface area is 249 Å².